The van der Waals surface area contributed by atoms with Gasteiger partial charge in [0.2, 0.25) is 0 Å². The Balaban J connectivity index is 0.00000200. The van der Waals surface area contributed by atoms with Gasteiger partial charge in [-0.15, -0.1) is 12.4 Å². The zero-order chi connectivity index (χ0) is 13.9. The van der Waals surface area contributed by atoms with Gasteiger partial charge in [0.15, 0.2) is 0 Å². The largest absolute Gasteiger partial charge is 0.350 e. The van der Waals surface area contributed by atoms with Crippen molar-refractivity contribution in [1.82, 2.24) is 5.32 Å². The molecule has 0 saturated heterocycles. The van der Waals surface area contributed by atoms with Crippen LogP contribution in [-0.4, -0.2) is 18.0 Å². The van der Waals surface area contributed by atoms with Crippen molar-refractivity contribution in [2.45, 2.75) is 44.6 Å². The smallest absolute Gasteiger partial charge is 0.251 e. The van der Waals surface area contributed by atoms with E-state index in [4.69, 9.17) is 5.73 Å². The molecule has 1 aliphatic carbocycles. The van der Waals surface area contributed by atoms with E-state index in [0.29, 0.717) is 12.1 Å². The molecule has 2 rings (SSSR count). The number of benzene rings is 1. The summed E-state index contributed by atoms with van der Waals surface area (Å²) in [6, 6.07) is 5.67. The third-order valence-electron chi connectivity index (χ3n) is 3.96. The Morgan fingerprint density at radius 2 is 2.00 bits per heavy atom. The molecule has 1 aliphatic rings. The van der Waals surface area contributed by atoms with Gasteiger partial charge in [0.1, 0.15) is 0 Å². The van der Waals surface area contributed by atoms with Crippen LogP contribution in [0.2, 0.25) is 0 Å². The van der Waals surface area contributed by atoms with Crippen molar-refractivity contribution in [2.75, 3.05) is 6.54 Å². The monoisotopic (exact) mass is 360 g/mol. The zero-order valence-corrected chi connectivity index (χ0v) is 14.1. The minimum Gasteiger partial charge on any atom is -0.350 e. The number of hydrogen-bond acceptors (Lipinski definition) is 2. The Morgan fingerprint density at radius 3 is 2.65 bits per heavy atom. The van der Waals surface area contributed by atoms with E-state index in [-0.39, 0.29) is 23.9 Å². The molecule has 1 aromatic carbocycles. The summed E-state index contributed by atoms with van der Waals surface area (Å²) in [6.45, 7) is 2.51. The molecule has 0 bridgehead atoms. The molecule has 1 fully saturated rings. The number of nitrogens with one attached hydrogen (secondary N) is 1. The van der Waals surface area contributed by atoms with E-state index in [9.17, 15) is 4.79 Å². The molecular weight excluding hydrogens is 340 g/mol. The normalized spacial score (nSPS) is 17.1. The number of carbonyl (C=O) groups is 1. The molecule has 112 valence electrons. The van der Waals surface area contributed by atoms with Crippen molar-refractivity contribution in [3.63, 3.8) is 0 Å². The van der Waals surface area contributed by atoms with Gasteiger partial charge in [-0.25, -0.2) is 0 Å². The first-order chi connectivity index (χ1) is 9.02. The average molecular weight is 362 g/mol. The van der Waals surface area contributed by atoms with E-state index in [2.05, 4.69) is 21.2 Å². The molecule has 3 N–H and O–H groups in total. The fourth-order valence-corrected chi connectivity index (χ4v) is 3.00. The maximum Gasteiger partial charge on any atom is 0.251 e. The van der Waals surface area contributed by atoms with Crippen LogP contribution in [0.25, 0.3) is 0 Å². The number of amides is 1. The molecular formula is C15H22BrClN2O. The van der Waals surface area contributed by atoms with Crippen molar-refractivity contribution in [3.05, 3.63) is 33.8 Å². The molecule has 0 aromatic heterocycles. The highest BCUT2D eigenvalue weighted by molar-refractivity contribution is 9.10. The van der Waals surface area contributed by atoms with Gasteiger partial charge in [-0.05, 0) is 37.5 Å². The summed E-state index contributed by atoms with van der Waals surface area (Å²) in [5.41, 5.74) is 7.80. The van der Waals surface area contributed by atoms with Gasteiger partial charge in [0, 0.05) is 22.1 Å². The average Bonchev–Trinajstić information content (AvgIpc) is 2.40. The summed E-state index contributed by atoms with van der Waals surface area (Å²) in [7, 11) is 0. The minimum absolute atomic E-state index is 0. The van der Waals surface area contributed by atoms with Crippen LogP contribution in [0.4, 0.5) is 0 Å². The Kier molecular flexibility index (Phi) is 6.49. The first-order valence-corrected chi connectivity index (χ1v) is 7.63. The quantitative estimate of drug-likeness (QED) is 0.864. The van der Waals surface area contributed by atoms with Crippen LogP contribution in [0.3, 0.4) is 0 Å². The van der Waals surface area contributed by atoms with Crippen molar-refractivity contribution in [1.29, 1.82) is 0 Å². The van der Waals surface area contributed by atoms with Crippen LogP contribution in [0, 0.1) is 6.92 Å². The third-order valence-corrected chi connectivity index (χ3v) is 4.82. The fourth-order valence-electron chi connectivity index (χ4n) is 2.64. The maximum absolute atomic E-state index is 12.2. The van der Waals surface area contributed by atoms with Gasteiger partial charge in [-0.3, -0.25) is 4.79 Å². The SMILES string of the molecule is Cc1c(Br)cccc1C(=O)NCC1(N)CCCCC1.Cl. The molecule has 1 aromatic rings. The lowest BCUT2D eigenvalue weighted by Gasteiger charge is -2.33. The molecule has 0 spiro atoms. The van der Waals surface area contributed by atoms with E-state index in [0.717, 1.165) is 22.9 Å². The van der Waals surface area contributed by atoms with Crippen LogP contribution in [0.15, 0.2) is 22.7 Å². The second-order valence-corrected chi connectivity index (χ2v) is 6.37. The summed E-state index contributed by atoms with van der Waals surface area (Å²) in [6.07, 6.45) is 5.61. The van der Waals surface area contributed by atoms with E-state index in [1.165, 1.54) is 19.3 Å². The molecule has 1 amide bonds. The van der Waals surface area contributed by atoms with Crippen LogP contribution in [0.1, 0.15) is 48.0 Å². The second-order valence-electron chi connectivity index (χ2n) is 5.52. The highest BCUT2D eigenvalue weighted by Crippen LogP contribution is 2.25. The predicted octanol–water partition coefficient (Wildman–Crippen LogP) is 3.57. The maximum atomic E-state index is 12.2. The van der Waals surface area contributed by atoms with E-state index < -0.39 is 0 Å². The Hall–Kier alpha value is -0.580. The minimum atomic E-state index is -0.214. The lowest BCUT2D eigenvalue weighted by atomic mass is 9.82. The number of nitrogens with two attached hydrogens (primary N) is 1. The van der Waals surface area contributed by atoms with Gasteiger partial charge in [-0.1, -0.05) is 41.3 Å². The summed E-state index contributed by atoms with van der Waals surface area (Å²) < 4.78 is 0.959. The molecule has 3 nitrogen and oxygen atoms in total. The molecule has 0 heterocycles. The molecule has 0 atom stereocenters. The zero-order valence-electron chi connectivity index (χ0n) is 11.7. The number of hydrogen-bond donors (Lipinski definition) is 2. The van der Waals surface area contributed by atoms with Crippen molar-refractivity contribution >= 4 is 34.2 Å². The topological polar surface area (TPSA) is 55.1 Å². The van der Waals surface area contributed by atoms with Crippen LogP contribution < -0.4 is 11.1 Å². The first-order valence-electron chi connectivity index (χ1n) is 6.84. The standard InChI is InChI=1S/C15H21BrN2O.ClH/c1-11-12(6-5-7-13(11)16)14(19)18-10-15(17)8-3-2-4-9-15;/h5-7H,2-4,8-10,17H2,1H3,(H,18,19);1H. The summed E-state index contributed by atoms with van der Waals surface area (Å²) in [5.74, 6) is -0.0331. The van der Waals surface area contributed by atoms with Gasteiger partial charge in [0.05, 0.1) is 0 Å². The van der Waals surface area contributed by atoms with Crippen LogP contribution in [-0.2, 0) is 0 Å². The van der Waals surface area contributed by atoms with Gasteiger partial charge < -0.3 is 11.1 Å². The Bertz CT molecular complexity index is 473. The summed E-state index contributed by atoms with van der Waals surface area (Å²) in [5, 5.41) is 2.99. The van der Waals surface area contributed by atoms with E-state index in [1.54, 1.807) is 0 Å². The molecule has 5 heteroatoms. The Labute approximate surface area is 135 Å². The predicted molar refractivity (Wildman–Crippen MR) is 88.5 cm³/mol. The summed E-state index contributed by atoms with van der Waals surface area (Å²) >= 11 is 3.45. The van der Waals surface area contributed by atoms with Crippen molar-refractivity contribution < 1.29 is 4.79 Å². The number of carbonyl (C=O) groups excluding carboxylic acids is 1. The van der Waals surface area contributed by atoms with Crippen molar-refractivity contribution in [3.8, 4) is 0 Å². The highest BCUT2D eigenvalue weighted by atomic mass is 79.9. The number of rotatable bonds is 3. The number of halogens is 2. The summed E-state index contributed by atoms with van der Waals surface area (Å²) in [4.78, 5) is 12.2. The Morgan fingerprint density at radius 1 is 1.35 bits per heavy atom. The highest BCUT2D eigenvalue weighted by Gasteiger charge is 2.28. The molecule has 0 unspecified atom stereocenters. The van der Waals surface area contributed by atoms with E-state index >= 15 is 0 Å². The molecule has 0 radical (unpaired) electrons. The van der Waals surface area contributed by atoms with Crippen LogP contribution in [0.5, 0.6) is 0 Å². The van der Waals surface area contributed by atoms with Gasteiger partial charge in [-0.2, -0.15) is 0 Å². The third kappa shape index (κ3) is 4.21. The van der Waals surface area contributed by atoms with Gasteiger partial charge in [0.25, 0.3) is 5.91 Å². The molecule has 0 aliphatic heterocycles. The molecule has 20 heavy (non-hydrogen) atoms. The van der Waals surface area contributed by atoms with Crippen molar-refractivity contribution in [2.24, 2.45) is 5.73 Å². The lowest BCUT2D eigenvalue weighted by molar-refractivity contribution is 0.0937. The first kappa shape index (κ1) is 17.5. The second kappa shape index (κ2) is 7.43. The lowest BCUT2D eigenvalue weighted by Crippen LogP contribution is -2.51. The van der Waals surface area contributed by atoms with E-state index in [1.807, 2.05) is 25.1 Å². The van der Waals surface area contributed by atoms with Crippen LogP contribution >= 0.6 is 28.3 Å². The molecule has 1 saturated carbocycles. The fraction of sp³-hybridized carbons (Fsp3) is 0.533. The van der Waals surface area contributed by atoms with Gasteiger partial charge >= 0.3 is 0 Å².